The molecule has 2 N–H and O–H groups in total. The number of aromatic nitrogens is 1. The van der Waals surface area contributed by atoms with Crippen LogP contribution >= 0.6 is 0 Å². The zero-order valence-corrected chi connectivity index (χ0v) is 14.9. The number of nitrogens with zero attached hydrogens (tertiary/aromatic N) is 3. The van der Waals surface area contributed by atoms with Gasteiger partial charge in [-0.15, -0.1) is 0 Å². The molecule has 0 saturated carbocycles. The third-order valence-electron chi connectivity index (χ3n) is 4.78. The fraction of sp³-hybridized carbons (Fsp3) is 0.474. The summed E-state index contributed by atoms with van der Waals surface area (Å²) in [6, 6.07) is 9.54. The SMILES string of the molecule is Cc1nc(CN2CCN(C(=O)CC(N)c3ccccc3)CC2)oc1C. The molecule has 25 heavy (non-hydrogen) atoms. The van der Waals surface area contributed by atoms with Gasteiger partial charge in [0.15, 0.2) is 0 Å². The van der Waals surface area contributed by atoms with Gasteiger partial charge < -0.3 is 15.1 Å². The van der Waals surface area contributed by atoms with E-state index in [0.717, 1.165) is 49.1 Å². The number of oxazole rings is 1. The molecule has 1 aliphatic heterocycles. The Morgan fingerprint density at radius 2 is 1.88 bits per heavy atom. The predicted octanol–water partition coefficient (Wildman–Crippen LogP) is 2.03. The monoisotopic (exact) mass is 342 g/mol. The van der Waals surface area contributed by atoms with Crippen molar-refractivity contribution in [2.75, 3.05) is 26.2 Å². The average Bonchev–Trinajstić information content (AvgIpc) is 2.93. The first-order valence-electron chi connectivity index (χ1n) is 8.76. The van der Waals surface area contributed by atoms with Crippen LogP contribution in [-0.2, 0) is 11.3 Å². The number of carbonyl (C=O) groups is 1. The van der Waals surface area contributed by atoms with Crippen LogP contribution in [0.1, 0.15) is 35.4 Å². The topological polar surface area (TPSA) is 75.6 Å². The Labute approximate surface area is 148 Å². The van der Waals surface area contributed by atoms with Gasteiger partial charge in [0.25, 0.3) is 0 Å². The first-order valence-corrected chi connectivity index (χ1v) is 8.76. The van der Waals surface area contributed by atoms with Gasteiger partial charge in [-0.2, -0.15) is 0 Å². The number of hydrogen-bond acceptors (Lipinski definition) is 5. The molecule has 0 spiro atoms. The van der Waals surface area contributed by atoms with Crippen molar-refractivity contribution in [3.05, 3.63) is 53.2 Å². The summed E-state index contributed by atoms with van der Waals surface area (Å²) in [5.74, 6) is 1.75. The highest BCUT2D eigenvalue weighted by molar-refractivity contribution is 5.77. The van der Waals surface area contributed by atoms with E-state index in [2.05, 4.69) is 9.88 Å². The van der Waals surface area contributed by atoms with Gasteiger partial charge in [-0.3, -0.25) is 9.69 Å². The van der Waals surface area contributed by atoms with Crippen LogP contribution in [0, 0.1) is 13.8 Å². The van der Waals surface area contributed by atoms with Gasteiger partial charge in [0.2, 0.25) is 11.8 Å². The number of aryl methyl sites for hydroxylation is 2. The lowest BCUT2D eigenvalue weighted by Gasteiger charge is -2.34. The Kier molecular flexibility index (Phi) is 5.50. The second kappa shape index (κ2) is 7.80. The Hall–Kier alpha value is -2.18. The molecule has 0 radical (unpaired) electrons. The summed E-state index contributed by atoms with van der Waals surface area (Å²) in [7, 11) is 0. The maximum atomic E-state index is 12.5. The Morgan fingerprint density at radius 1 is 1.20 bits per heavy atom. The molecule has 1 aliphatic rings. The summed E-state index contributed by atoms with van der Waals surface area (Å²) in [5.41, 5.74) is 8.12. The summed E-state index contributed by atoms with van der Waals surface area (Å²) in [5, 5.41) is 0. The molecule has 1 fully saturated rings. The van der Waals surface area contributed by atoms with Crippen LogP contribution in [0.2, 0.25) is 0 Å². The number of nitrogens with two attached hydrogens (primary N) is 1. The summed E-state index contributed by atoms with van der Waals surface area (Å²) in [6.07, 6.45) is 0.349. The molecule has 1 saturated heterocycles. The number of piperazine rings is 1. The van der Waals surface area contributed by atoms with Crippen molar-refractivity contribution in [2.24, 2.45) is 5.73 Å². The lowest BCUT2D eigenvalue weighted by molar-refractivity contribution is -0.133. The smallest absolute Gasteiger partial charge is 0.224 e. The van der Waals surface area contributed by atoms with E-state index in [-0.39, 0.29) is 11.9 Å². The number of rotatable bonds is 5. The molecule has 1 atom stereocenters. The van der Waals surface area contributed by atoms with Gasteiger partial charge in [-0.25, -0.2) is 4.98 Å². The van der Waals surface area contributed by atoms with Crippen LogP contribution in [0.25, 0.3) is 0 Å². The third-order valence-corrected chi connectivity index (χ3v) is 4.78. The molecule has 6 heteroatoms. The zero-order valence-electron chi connectivity index (χ0n) is 14.9. The van der Waals surface area contributed by atoms with Crippen LogP contribution in [0.3, 0.4) is 0 Å². The molecule has 1 aromatic heterocycles. The lowest BCUT2D eigenvalue weighted by Crippen LogP contribution is -2.48. The zero-order chi connectivity index (χ0) is 17.8. The van der Waals surface area contributed by atoms with E-state index in [1.54, 1.807) is 0 Å². The normalized spacial score (nSPS) is 16.8. The molecule has 0 bridgehead atoms. The van der Waals surface area contributed by atoms with E-state index in [9.17, 15) is 4.79 Å². The van der Waals surface area contributed by atoms with Crippen molar-refractivity contribution in [1.82, 2.24) is 14.8 Å². The van der Waals surface area contributed by atoms with Crippen molar-refractivity contribution in [3.8, 4) is 0 Å². The first-order chi connectivity index (χ1) is 12.0. The van der Waals surface area contributed by atoms with E-state index in [4.69, 9.17) is 10.2 Å². The van der Waals surface area contributed by atoms with Crippen molar-refractivity contribution in [2.45, 2.75) is 32.9 Å². The molecule has 134 valence electrons. The van der Waals surface area contributed by atoms with Gasteiger partial charge in [0, 0.05) is 38.6 Å². The van der Waals surface area contributed by atoms with Crippen molar-refractivity contribution in [3.63, 3.8) is 0 Å². The molecule has 2 heterocycles. The number of benzene rings is 1. The van der Waals surface area contributed by atoms with E-state index in [0.29, 0.717) is 13.0 Å². The summed E-state index contributed by atoms with van der Waals surface area (Å²) in [6.45, 7) is 7.67. The van der Waals surface area contributed by atoms with Crippen LogP contribution in [-0.4, -0.2) is 46.9 Å². The number of carbonyl (C=O) groups excluding carboxylic acids is 1. The van der Waals surface area contributed by atoms with Gasteiger partial charge in [-0.1, -0.05) is 30.3 Å². The summed E-state index contributed by atoms with van der Waals surface area (Å²) >= 11 is 0. The second-order valence-corrected chi connectivity index (χ2v) is 6.63. The van der Waals surface area contributed by atoms with Crippen molar-refractivity contribution < 1.29 is 9.21 Å². The standard InChI is InChI=1S/C19H26N4O2/c1-14-15(2)25-18(21-14)13-22-8-10-23(11-9-22)19(24)12-17(20)16-6-4-3-5-7-16/h3-7,17H,8-13,20H2,1-2H3. The van der Waals surface area contributed by atoms with Crippen LogP contribution in [0.15, 0.2) is 34.7 Å². The molecule has 1 amide bonds. The highest BCUT2D eigenvalue weighted by Crippen LogP contribution is 2.17. The average molecular weight is 342 g/mol. The highest BCUT2D eigenvalue weighted by Gasteiger charge is 2.24. The predicted molar refractivity (Wildman–Crippen MR) is 95.8 cm³/mol. The van der Waals surface area contributed by atoms with Gasteiger partial charge in [0.05, 0.1) is 12.2 Å². The van der Waals surface area contributed by atoms with Crippen molar-refractivity contribution in [1.29, 1.82) is 0 Å². The first kappa shape index (κ1) is 17.6. The van der Waals surface area contributed by atoms with Crippen LogP contribution in [0.4, 0.5) is 0 Å². The van der Waals surface area contributed by atoms with E-state index in [1.807, 2.05) is 49.1 Å². The summed E-state index contributed by atoms with van der Waals surface area (Å²) in [4.78, 5) is 21.1. The van der Waals surface area contributed by atoms with Gasteiger partial charge in [-0.05, 0) is 19.4 Å². The minimum Gasteiger partial charge on any atom is -0.444 e. The second-order valence-electron chi connectivity index (χ2n) is 6.63. The third kappa shape index (κ3) is 4.46. The Balaban J connectivity index is 1.47. The maximum Gasteiger partial charge on any atom is 0.224 e. The molecular weight excluding hydrogens is 316 g/mol. The van der Waals surface area contributed by atoms with Gasteiger partial charge >= 0.3 is 0 Å². The summed E-state index contributed by atoms with van der Waals surface area (Å²) < 4.78 is 5.64. The van der Waals surface area contributed by atoms with Gasteiger partial charge in [0.1, 0.15) is 5.76 Å². The highest BCUT2D eigenvalue weighted by atomic mass is 16.4. The maximum absolute atomic E-state index is 12.5. The van der Waals surface area contributed by atoms with Crippen LogP contribution < -0.4 is 5.73 Å². The fourth-order valence-corrected chi connectivity index (χ4v) is 3.09. The largest absolute Gasteiger partial charge is 0.444 e. The molecular formula is C19H26N4O2. The Morgan fingerprint density at radius 3 is 2.48 bits per heavy atom. The number of hydrogen-bond donors (Lipinski definition) is 1. The minimum absolute atomic E-state index is 0.124. The number of amides is 1. The molecule has 2 aromatic rings. The quantitative estimate of drug-likeness (QED) is 0.900. The van der Waals surface area contributed by atoms with Crippen LogP contribution in [0.5, 0.6) is 0 Å². The van der Waals surface area contributed by atoms with E-state index >= 15 is 0 Å². The van der Waals surface area contributed by atoms with E-state index in [1.165, 1.54) is 0 Å². The molecule has 3 rings (SSSR count). The Bertz CT molecular complexity index is 686. The molecule has 0 aliphatic carbocycles. The lowest BCUT2D eigenvalue weighted by atomic mass is 10.0. The van der Waals surface area contributed by atoms with E-state index < -0.39 is 0 Å². The molecule has 1 aromatic carbocycles. The fourth-order valence-electron chi connectivity index (χ4n) is 3.09. The molecule has 6 nitrogen and oxygen atoms in total. The molecule has 1 unspecified atom stereocenters. The van der Waals surface area contributed by atoms with Crippen molar-refractivity contribution >= 4 is 5.91 Å². The minimum atomic E-state index is -0.245.